The summed E-state index contributed by atoms with van der Waals surface area (Å²) in [6.45, 7) is 1.26. The van der Waals surface area contributed by atoms with Crippen LogP contribution in [0.25, 0.3) is 0 Å². The Balaban J connectivity index is 1.96. The van der Waals surface area contributed by atoms with Crippen LogP contribution in [-0.4, -0.2) is 53.7 Å². The normalized spacial score (nSPS) is 14.9. The van der Waals surface area contributed by atoms with Crippen molar-refractivity contribution in [1.82, 2.24) is 9.80 Å². The molecule has 0 aliphatic carbocycles. The molecule has 1 aliphatic rings. The molecule has 1 aromatic carbocycles. The average molecular weight is 264 g/mol. The summed E-state index contributed by atoms with van der Waals surface area (Å²) in [6, 6.07) is 7.24. The van der Waals surface area contributed by atoms with E-state index in [1.807, 2.05) is 24.3 Å². The fourth-order valence-electron chi connectivity index (χ4n) is 2.04. The van der Waals surface area contributed by atoms with E-state index >= 15 is 0 Å². The highest BCUT2D eigenvalue weighted by Crippen LogP contribution is 2.16. The van der Waals surface area contributed by atoms with Crippen molar-refractivity contribution in [2.45, 2.75) is 6.54 Å². The molecule has 0 spiro atoms. The summed E-state index contributed by atoms with van der Waals surface area (Å²) < 4.78 is 5.07. The zero-order chi connectivity index (χ0) is 13.8. The van der Waals surface area contributed by atoms with Gasteiger partial charge in [-0.05, 0) is 17.7 Å². The van der Waals surface area contributed by atoms with Gasteiger partial charge in [0.05, 0.1) is 7.11 Å². The lowest BCUT2D eigenvalue weighted by molar-refractivity contribution is -0.137. The molecule has 1 fully saturated rings. The standard InChI is InChI=1S/C13H16N2O4/c1-19-11-4-2-10(3-5-11)8-14-6-7-15(13(14)18)9-12(16)17/h2-5H,6-9H2,1H3,(H,16,17). The molecule has 1 aliphatic heterocycles. The maximum atomic E-state index is 11.9. The molecule has 0 unspecified atom stereocenters. The highest BCUT2D eigenvalue weighted by molar-refractivity contribution is 5.81. The number of carbonyl (C=O) groups excluding carboxylic acids is 1. The summed E-state index contributed by atoms with van der Waals surface area (Å²) in [5.74, 6) is -0.219. The van der Waals surface area contributed by atoms with Gasteiger partial charge in [0.2, 0.25) is 0 Å². The Kier molecular flexibility index (Phi) is 3.89. The van der Waals surface area contributed by atoms with Gasteiger partial charge in [0.25, 0.3) is 0 Å². The minimum Gasteiger partial charge on any atom is -0.497 e. The number of ether oxygens (including phenoxy) is 1. The third-order valence-corrected chi connectivity index (χ3v) is 3.04. The van der Waals surface area contributed by atoms with Crippen molar-refractivity contribution in [2.24, 2.45) is 0 Å². The van der Waals surface area contributed by atoms with Gasteiger partial charge in [-0.25, -0.2) is 4.79 Å². The first-order valence-corrected chi connectivity index (χ1v) is 5.98. The van der Waals surface area contributed by atoms with Crippen LogP contribution in [0, 0.1) is 0 Å². The first-order valence-electron chi connectivity index (χ1n) is 5.98. The van der Waals surface area contributed by atoms with Crippen molar-refractivity contribution in [2.75, 3.05) is 26.7 Å². The lowest BCUT2D eigenvalue weighted by Gasteiger charge is -2.17. The number of amides is 2. The van der Waals surface area contributed by atoms with Crippen LogP contribution < -0.4 is 4.74 Å². The predicted octanol–water partition coefficient (Wildman–Crippen LogP) is 1.02. The summed E-state index contributed by atoms with van der Waals surface area (Å²) >= 11 is 0. The van der Waals surface area contributed by atoms with Gasteiger partial charge < -0.3 is 19.6 Å². The lowest BCUT2D eigenvalue weighted by Crippen LogP contribution is -2.34. The van der Waals surface area contributed by atoms with E-state index in [4.69, 9.17) is 9.84 Å². The fourth-order valence-corrected chi connectivity index (χ4v) is 2.04. The molecule has 102 valence electrons. The molecule has 0 saturated carbocycles. The summed E-state index contributed by atoms with van der Waals surface area (Å²) in [7, 11) is 1.60. The number of aliphatic carboxylic acids is 1. The maximum absolute atomic E-state index is 11.9. The van der Waals surface area contributed by atoms with Crippen molar-refractivity contribution in [3.05, 3.63) is 29.8 Å². The third-order valence-electron chi connectivity index (χ3n) is 3.04. The summed E-state index contributed by atoms with van der Waals surface area (Å²) in [6.07, 6.45) is 0. The number of hydrogen-bond acceptors (Lipinski definition) is 3. The van der Waals surface area contributed by atoms with Crippen LogP contribution in [-0.2, 0) is 11.3 Å². The molecule has 1 N–H and O–H groups in total. The van der Waals surface area contributed by atoms with Crippen LogP contribution in [0.3, 0.4) is 0 Å². The van der Waals surface area contributed by atoms with Crippen LogP contribution in [0.5, 0.6) is 5.75 Å². The minimum atomic E-state index is -0.986. The first-order chi connectivity index (χ1) is 9.10. The molecule has 1 saturated heterocycles. The molecular weight excluding hydrogens is 248 g/mol. The van der Waals surface area contributed by atoms with Crippen molar-refractivity contribution in [3.63, 3.8) is 0 Å². The molecule has 1 aromatic rings. The second kappa shape index (κ2) is 5.60. The molecule has 0 radical (unpaired) electrons. The molecule has 2 rings (SSSR count). The Morgan fingerprint density at radius 2 is 1.89 bits per heavy atom. The molecule has 6 heteroatoms. The fraction of sp³-hybridized carbons (Fsp3) is 0.385. The van der Waals surface area contributed by atoms with Gasteiger partial charge in [0.15, 0.2) is 0 Å². The number of hydrogen-bond donors (Lipinski definition) is 1. The Labute approximate surface area is 111 Å². The molecule has 1 heterocycles. The van der Waals surface area contributed by atoms with E-state index in [0.717, 1.165) is 11.3 Å². The largest absolute Gasteiger partial charge is 0.497 e. The third kappa shape index (κ3) is 3.15. The second-order valence-corrected chi connectivity index (χ2v) is 4.37. The van der Waals surface area contributed by atoms with Gasteiger partial charge in [-0.15, -0.1) is 0 Å². The number of urea groups is 1. The predicted molar refractivity (Wildman–Crippen MR) is 68.0 cm³/mol. The van der Waals surface area contributed by atoms with E-state index < -0.39 is 5.97 Å². The maximum Gasteiger partial charge on any atom is 0.323 e. The van der Waals surface area contributed by atoms with E-state index in [1.165, 1.54) is 4.90 Å². The van der Waals surface area contributed by atoms with Gasteiger partial charge in [-0.2, -0.15) is 0 Å². The number of carbonyl (C=O) groups is 2. The van der Waals surface area contributed by atoms with Crippen LogP contribution in [0.1, 0.15) is 5.56 Å². The van der Waals surface area contributed by atoms with Crippen molar-refractivity contribution in [3.8, 4) is 5.75 Å². The van der Waals surface area contributed by atoms with Crippen molar-refractivity contribution >= 4 is 12.0 Å². The quantitative estimate of drug-likeness (QED) is 0.862. The monoisotopic (exact) mass is 264 g/mol. The topological polar surface area (TPSA) is 70.1 Å². The number of rotatable bonds is 5. The van der Waals surface area contributed by atoms with E-state index in [-0.39, 0.29) is 12.6 Å². The van der Waals surface area contributed by atoms with Gasteiger partial charge in [0, 0.05) is 19.6 Å². The number of benzene rings is 1. The number of methoxy groups -OCH3 is 1. The average Bonchev–Trinajstić information content (AvgIpc) is 2.72. The summed E-state index contributed by atoms with van der Waals surface area (Å²) in [5.41, 5.74) is 0.992. The van der Waals surface area contributed by atoms with Gasteiger partial charge >= 0.3 is 12.0 Å². The first kappa shape index (κ1) is 13.2. The highest BCUT2D eigenvalue weighted by Gasteiger charge is 2.29. The van der Waals surface area contributed by atoms with Crippen LogP contribution in [0.4, 0.5) is 4.79 Å². The van der Waals surface area contributed by atoms with Crippen LogP contribution >= 0.6 is 0 Å². The molecular formula is C13H16N2O4. The highest BCUT2D eigenvalue weighted by atomic mass is 16.5. The molecule has 2 amide bonds. The van der Waals surface area contributed by atoms with Crippen molar-refractivity contribution < 1.29 is 19.4 Å². The molecule has 0 bridgehead atoms. The van der Waals surface area contributed by atoms with E-state index in [2.05, 4.69) is 0 Å². The molecule has 0 aromatic heterocycles. The van der Waals surface area contributed by atoms with Gasteiger partial charge in [-0.1, -0.05) is 12.1 Å². The van der Waals surface area contributed by atoms with Gasteiger partial charge in [0.1, 0.15) is 12.3 Å². The van der Waals surface area contributed by atoms with Crippen LogP contribution in [0.15, 0.2) is 24.3 Å². The zero-order valence-corrected chi connectivity index (χ0v) is 10.7. The Morgan fingerprint density at radius 1 is 1.26 bits per heavy atom. The molecule has 0 atom stereocenters. The second-order valence-electron chi connectivity index (χ2n) is 4.37. The SMILES string of the molecule is COc1ccc(CN2CCN(CC(=O)O)C2=O)cc1. The number of carboxylic acids is 1. The summed E-state index contributed by atoms with van der Waals surface area (Å²) in [5, 5.41) is 8.70. The minimum absolute atomic E-state index is 0.224. The van der Waals surface area contributed by atoms with Crippen LogP contribution in [0.2, 0.25) is 0 Å². The van der Waals surface area contributed by atoms with E-state index in [9.17, 15) is 9.59 Å². The molecule has 6 nitrogen and oxygen atoms in total. The lowest BCUT2D eigenvalue weighted by atomic mass is 10.2. The summed E-state index contributed by atoms with van der Waals surface area (Å²) in [4.78, 5) is 25.5. The number of carboxylic acid groups (broad SMARTS) is 1. The Morgan fingerprint density at radius 3 is 2.47 bits per heavy atom. The van der Waals surface area contributed by atoms with E-state index in [0.29, 0.717) is 19.6 Å². The Hall–Kier alpha value is -2.24. The van der Waals surface area contributed by atoms with Gasteiger partial charge in [-0.3, -0.25) is 4.79 Å². The smallest absolute Gasteiger partial charge is 0.323 e. The number of nitrogens with zero attached hydrogens (tertiary/aromatic N) is 2. The van der Waals surface area contributed by atoms with E-state index in [1.54, 1.807) is 12.0 Å². The molecule has 19 heavy (non-hydrogen) atoms. The Bertz CT molecular complexity index is 472. The van der Waals surface area contributed by atoms with Crippen molar-refractivity contribution in [1.29, 1.82) is 0 Å². The zero-order valence-electron chi connectivity index (χ0n) is 10.7.